The van der Waals surface area contributed by atoms with Crippen LogP contribution < -0.4 is 0 Å². The maximum absolute atomic E-state index is 12.8. The van der Waals surface area contributed by atoms with Crippen LogP contribution in [-0.2, 0) is 4.74 Å². The zero-order chi connectivity index (χ0) is 14.9. The summed E-state index contributed by atoms with van der Waals surface area (Å²) in [5.41, 5.74) is -0.122. The van der Waals surface area contributed by atoms with E-state index in [0.717, 1.165) is 19.5 Å². The number of carbonyl (C=O) groups excluding carboxylic acids is 1. The molecular formula is C15H29N3O2. The first kappa shape index (κ1) is 15.6. The first-order valence-electron chi connectivity index (χ1n) is 7.73. The van der Waals surface area contributed by atoms with Gasteiger partial charge in [-0.3, -0.25) is 4.90 Å². The maximum atomic E-state index is 12.8. The summed E-state index contributed by atoms with van der Waals surface area (Å²) >= 11 is 0. The van der Waals surface area contributed by atoms with Crippen LogP contribution in [0.1, 0.15) is 34.1 Å². The number of rotatable bonds is 2. The first-order chi connectivity index (χ1) is 9.37. The standard InChI is InChI=1S/C15H29N3O2/c1-12(2)16(5)14(19)18-8-9-20-11-15(18)6-7-17(10-15)13(3)4/h12-13H,6-11H2,1-5H3. The van der Waals surface area contributed by atoms with E-state index in [0.29, 0.717) is 25.8 Å². The lowest BCUT2D eigenvalue weighted by Crippen LogP contribution is -2.63. The number of hydrogen-bond donors (Lipinski definition) is 0. The lowest BCUT2D eigenvalue weighted by atomic mass is 9.96. The van der Waals surface area contributed by atoms with Gasteiger partial charge in [0.1, 0.15) is 0 Å². The predicted molar refractivity (Wildman–Crippen MR) is 79.9 cm³/mol. The summed E-state index contributed by atoms with van der Waals surface area (Å²) in [7, 11) is 1.89. The number of urea groups is 1. The van der Waals surface area contributed by atoms with Gasteiger partial charge in [-0.1, -0.05) is 0 Å². The van der Waals surface area contributed by atoms with Gasteiger partial charge < -0.3 is 14.5 Å². The number of nitrogens with zero attached hydrogens (tertiary/aromatic N) is 3. The number of amides is 2. The second-order valence-electron chi connectivity index (χ2n) is 6.73. The Labute approximate surface area is 122 Å². The van der Waals surface area contributed by atoms with Crippen molar-refractivity contribution in [1.29, 1.82) is 0 Å². The van der Waals surface area contributed by atoms with Gasteiger partial charge in [0.25, 0.3) is 0 Å². The van der Waals surface area contributed by atoms with Gasteiger partial charge in [-0.05, 0) is 34.1 Å². The van der Waals surface area contributed by atoms with Gasteiger partial charge in [0.15, 0.2) is 0 Å². The molecule has 1 spiro atoms. The van der Waals surface area contributed by atoms with Crippen LogP contribution in [0.15, 0.2) is 0 Å². The third kappa shape index (κ3) is 2.79. The minimum atomic E-state index is -0.122. The zero-order valence-electron chi connectivity index (χ0n) is 13.6. The fourth-order valence-electron chi connectivity index (χ4n) is 3.11. The lowest BCUT2D eigenvalue weighted by Gasteiger charge is -2.46. The van der Waals surface area contributed by atoms with Crippen molar-refractivity contribution in [2.45, 2.75) is 51.7 Å². The maximum Gasteiger partial charge on any atom is 0.320 e. The van der Waals surface area contributed by atoms with E-state index in [1.165, 1.54) is 0 Å². The highest BCUT2D eigenvalue weighted by Gasteiger charge is 2.48. The average molecular weight is 283 g/mol. The summed E-state index contributed by atoms with van der Waals surface area (Å²) in [4.78, 5) is 19.1. The summed E-state index contributed by atoms with van der Waals surface area (Å²) < 4.78 is 5.72. The molecule has 0 aliphatic carbocycles. The van der Waals surface area contributed by atoms with E-state index in [1.54, 1.807) is 0 Å². The molecule has 2 fully saturated rings. The van der Waals surface area contributed by atoms with E-state index >= 15 is 0 Å². The third-order valence-corrected chi connectivity index (χ3v) is 4.80. The van der Waals surface area contributed by atoms with Crippen molar-refractivity contribution in [1.82, 2.24) is 14.7 Å². The molecule has 0 bridgehead atoms. The van der Waals surface area contributed by atoms with E-state index in [1.807, 2.05) is 11.9 Å². The molecule has 0 aromatic heterocycles. The Morgan fingerprint density at radius 3 is 2.50 bits per heavy atom. The minimum Gasteiger partial charge on any atom is -0.377 e. The molecule has 0 radical (unpaired) electrons. The Morgan fingerprint density at radius 2 is 1.95 bits per heavy atom. The fraction of sp³-hybridized carbons (Fsp3) is 0.933. The highest BCUT2D eigenvalue weighted by Crippen LogP contribution is 2.32. The van der Waals surface area contributed by atoms with Gasteiger partial charge >= 0.3 is 6.03 Å². The average Bonchev–Trinajstić information content (AvgIpc) is 2.82. The Bertz CT molecular complexity index is 359. The zero-order valence-corrected chi connectivity index (χ0v) is 13.6. The molecule has 1 atom stereocenters. The van der Waals surface area contributed by atoms with Crippen LogP contribution >= 0.6 is 0 Å². The summed E-state index contributed by atoms with van der Waals surface area (Å²) in [6.45, 7) is 12.6. The monoisotopic (exact) mass is 283 g/mol. The Kier molecular flexibility index (Phi) is 4.59. The topological polar surface area (TPSA) is 36.0 Å². The minimum absolute atomic E-state index is 0.122. The van der Waals surface area contributed by atoms with Crippen LogP contribution in [0, 0.1) is 0 Å². The molecule has 2 heterocycles. The van der Waals surface area contributed by atoms with Crippen molar-refractivity contribution in [3.63, 3.8) is 0 Å². The molecule has 2 rings (SSSR count). The molecule has 1 unspecified atom stereocenters. The van der Waals surface area contributed by atoms with Crippen molar-refractivity contribution < 1.29 is 9.53 Å². The smallest absolute Gasteiger partial charge is 0.320 e. The van der Waals surface area contributed by atoms with E-state index in [2.05, 4.69) is 37.5 Å². The number of likely N-dealkylation sites (tertiary alicyclic amines) is 1. The summed E-state index contributed by atoms with van der Waals surface area (Å²) in [5, 5.41) is 0. The van der Waals surface area contributed by atoms with Crippen LogP contribution in [0.2, 0.25) is 0 Å². The highest BCUT2D eigenvalue weighted by molar-refractivity contribution is 5.75. The Hall–Kier alpha value is -0.810. The van der Waals surface area contributed by atoms with Gasteiger partial charge in [-0.25, -0.2) is 4.79 Å². The molecule has 2 aliphatic heterocycles. The van der Waals surface area contributed by atoms with Crippen LogP contribution in [0.25, 0.3) is 0 Å². The van der Waals surface area contributed by atoms with Crippen molar-refractivity contribution >= 4 is 6.03 Å². The van der Waals surface area contributed by atoms with Gasteiger partial charge in [-0.2, -0.15) is 0 Å². The molecule has 2 amide bonds. The van der Waals surface area contributed by atoms with Gasteiger partial charge in [0.05, 0.1) is 18.8 Å². The quantitative estimate of drug-likeness (QED) is 0.773. The van der Waals surface area contributed by atoms with Gasteiger partial charge in [0.2, 0.25) is 0 Å². The third-order valence-electron chi connectivity index (χ3n) is 4.80. The van der Waals surface area contributed by atoms with Crippen LogP contribution in [-0.4, -0.2) is 78.2 Å². The van der Waals surface area contributed by atoms with Crippen molar-refractivity contribution in [2.75, 3.05) is 39.9 Å². The SMILES string of the molecule is CC(C)N1CCC2(COCCN2C(=O)N(C)C(C)C)C1. The lowest BCUT2D eigenvalue weighted by molar-refractivity contribution is -0.0481. The van der Waals surface area contributed by atoms with E-state index < -0.39 is 0 Å². The van der Waals surface area contributed by atoms with E-state index in [-0.39, 0.29) is 17.6 Å². The van der Waals surface area contributed by atoms with Crippen LogP contribution in [0.4, 0.5) is 4.79 Å². The molecular weight excluding hydrogens is 254 g/mol. The van der Waals surface area contributed by atoms with Crippen molar-refractivity contribution in [3.05, 3.63) is 0 Å². The molecule has 0 aromatic rings. The normalized spacial score (nSPS) is 27.9. The molecule has 20 heavy (non-hydrogen) atoms. The summed E-state index contributed by atoms with van der Waals surface area (Å²) in [6.07, 6.45) is 1.02. The second-order valence-corrected chi connectivity index (χ2v) is 6.73. The van der Waals surface area contributed by atoms with Crippen LogP contribution in [0.5, 0.6) is 0 Å². The summed E-state index contributed by atoms with van der Waals surface area (Å²) in [6, 6.07) is 0.898. The highest BCUT2D eigenvalue weighted by atomic mass is 16.5. The first-order valence-corrected chi connectivity index (χ1v) is 7.73. The molecule has 0 N–H and O–H groups in total. The van der Waals surface area contributed by atoms with E-state index in [9.17, 15) is 4.79 Å². The molecule has 2 saturated heterocycles. The number of ether oxygens (including phenoxy) is 1. The molecule has 0 aromatic carbocycles. The molecule has 5 heteroatoms. The fourth-order valence-corrected chi connectivity index (χ4v) is 3.11. The van der Waals surface area contributed by atoms with Crippen LogP contribution in [0.3, 0.4) is 0 Å². The van der Waals surface area contributed by atoms with Gasteiger partial charge in [-0.15, -0.1) is 0 Å². The van der Waals surface area contributed by atoms with Gasteiger partial charge in [0, 0.05) is 38.8 Å². The molecule has 5 nitrogen and oxygen atoms in total. The van der Waals surface area contributed by atoms with E-state index in [4.69, 9.17) is 4.74 Å². The number of hydrogen-bond acceptors (Lipinski definition) is 3. The Morgan fingerprint density at radius 1 is 1.25 bits per heavy atom. The number of carbonyl (C=O) groups is 1. The predicted octanol–water partition coefficient (Wildman–Crippen LogP) is 1.63. The largest absolute Gasteiger partial charge is 0.377 e. The van der Waals surface area contributed by atoms with Crippen molar-refractivity contribution in [3.8, 4) is 0 Å². The molecule has 116 valence electrons. The Balaban J connectivity index is 2.16. The number of morpholine rings is 1. The molecule has 0 saturated carbocycles. The molecule has 2 aliphatic rings. The summed E-state index contributed by atoms with van der Waals surface area (Å²) in [5.74, 6) is 0. The second kappa shape index (κ2) is 5.90. The van der Waals surface area contributed by atoms with Crippen molar-refractivity contribution in [2.24, 2.45) is 0 Å².